The van der Waals surface area contributed by atoms with Crippen LogP contribution in [0.3, 0.4) is 0 Å². The minimum atomic E-state index is -4.81. The molecule has 0 bridgehead atoms. The number of nitrogens with zero attached hydrogens (tertiary/aromatic N) is 5. The summed E-state index contributed by atoms with van der Waals surface area (Å²) in [4.78, 5) is 19.8. The first kappa shape index (κ1) is 31.9. The fourth-order valence-electron chi connectivity index (χ4n) is 5.68. The van der Waals surface area contributed by atoms with E-state index in [1.165, 1.54) is 19.4 Å². The molecule has 2 aliphatic heterocycles. The lowest BCUT2D eigenvalue weighted by Crippen LogP contribution is -2.41. The summed E-state index contributed by atoms with van der Waals surface area (Å²) in [6.07, 6.45) is 3.34. The third-order valence-electron chi connectivity index (χ3n) is 8.37. The molecule has 0 saturated carbocycles. The topological polar surface area (TPSA) is 118 Å². The summed E-state index contributed by atoms with van der Waals surface area (Å²) in [6.45, 7) is 10.9. The van der Waals surface area contributed by atoms with Gasteiger partial charge in [-0.1, -0.05) is 0 Å². The molecule has 0 spiro atoms. The van der Waals surface area contributed by atoms with E-state index in [9.17, 15) is 22.3 Å². The maximum Gasteiger partial charge on any atom is 0.343 e. The molecule has 3 aromatic heterocycles. The molecule has 236 valence electrons. The predicted molar refractivity (Wildman–Crippen MR) is 163 cm³/mol. The number of likely N-dealkylation sites (tertiary alicyclic amines) is 1. The van der Waals surface area contributed by atoms with Crippen LogP contribution in [0.5, 0.6) is 5.88 Å². The molecule has 2 fully saturated rings. The van der Waals surface area contributed by atoms with Crippen molar-refractivity contribution in [2.45, 2.75) is 63.7 Å². The zero-order valence-electron chi connectivity index (χ0n) is 25.2. The Bertz CT molecular complexity index is 1570. The highest BCUT2D eigenvalue weighted by atomic mass is 32.2. The van der Waals surface area contributed by atoms with Gasteiger partial charge in [0.25, 0.3) is 0 Å². The number of piperidine rings is 1. The molecule has 3 aromatic rings. The van der Waals surface area contributed by atoms with Crippen molar-refractivity contribution in [1.82, 2.24) is 19.9 Å². The molecule has 2 saturated heterocycles. The number of halogens is 2. The normalized spacial score (nSPS) is 18.0. The summed E-state index contributed by atoms with van der Waals surface area (Å²) in [5.74, 6) is -0.192. The molecule has 14 heteroatoms. The minimum absolute atomic E-state index is 0.0318. The van der Waals surface area contributed by atoms with Gasteiger partial charge in [-0.25, -0.2) is 23.4 Å². The number of aliphatic hydroxyl groups is 1. The van der Waals surface area contributed by atoms with E-state index in [-0.39, 0.29) is 17.4 Å². The zero-order chi connectivity index (χ0) is 31.2. The molecule has 5 rings (SSSR count). The van der Waals surface area contributed by atoms with Crippen LogP contribution in [-0.2, 0) is 26.9 Å². The molecule has 0 amide bonds. The first-order valence-electron chi connectivity index (χ1n) is 14.4. The number of thiophene rings is 1. The van der Waals surface area contributed by atoms with Gasteiger partial charge in [0.2, 0.25) is 21.7 Å². The molecule has 5 heterocycles. The lowest BCUT2D eigenvalue weighted by molar-refractivity contribution is -0.0135. The van der Waals surface area contributed by atoms with Gasteiger partial charge in [0.1, 0.15) is 0 Å². The highest BCUT2D eigenvalue weighted by Gasteiger charge is 2.40. The van der Waals surface area contributed by atoms with Gasteiger partial charge in [0.15, 0.2) is 0 Å². The quantitative estimate of drug-likeness (QED) is 0.361. The van der Waals surface area contributed by atoms with Crippen LogP contribution >= 0.6 is 11.3 Å². The molecule has 2 aliphatic rings. The largest absolute Gasteiger partial charge is 0.481 e. The van der Waals surface area contributed by atoms with E-state index in [0.29, 0.717) is 57.0 Å². The Balaban J connectivity index is 1.58. The van der Waals surface area contributed by atoms with E-state index < -0.39 is 26.4 Å². The number of aromatic nitrogens is 3. The van der Waals surface area contributed by atoms with E-state index in [0.717, 1.165) is 46.6 Å². The van der Waals surface area contributed by atoms with Crippen molar-refractivity contribution in [3.05, 3.63) is 28.3 Å². The van der Waals surface area contributed by atoms with Gasteiger partial charge in [0.05, 0.1) is 47.6 Å². The minimum Gasteiger partial charge on any atom is -0.481 e. The van der Waals surface area contributed by atoms with E-state index in [2.05, 4.69) is 21.7 Å². The van der Waals surface area contributed by atoms with Crippen molar-refractivity contribution in [3.63, 3.8) is 0 Å². The maximum absolute atomic E-state index is 13.9. The number of hydrogen-bond acceptors (Lipinski definition) is 11. The van der Waals surface area contributed by atoms with Gasteiger partial charge in [-0.2, -0.15) is 8.78 Å². The molecular formula is C29H39F2N5O5S2. The number of fused-ring (bicyclic) bond motifs is 1. The first-order chi connectivity index (χ1) is 20.2. The van der Waals surface area contributed by atoms with Crippen LogP contribution in [0.1, 0.15) is 49.6 Å². The van der Waals surface area contributed by atoms with Gasteiger partial charge in [0, 0.05) is 54.3 Å². The van der Waals surface area contributed by atoms with Crippen molar-refractivity contribution >= 4 is 37.3 Å². The summed E-state index contributed by atoms with van der Waals surface area (Å²) >= 11 is 1.55. The van der Waals surface area contributed by atoms with Crippen LogP contribution in [0.4, 0.5) is 14.7 Å². The fourth-order valence-corrected chi connectivity index (χ4v) is 7.66. The van der Waals surface area contributed by atoms with Crippen molar-refractivity contribution in [2.75, 3.05) is 51.4 Å². The van der Waals surface area contributed by atoms with Crippen LogP contribution in [0.25, 0.3) is 21.5 Å². The van der Waals surface area contributed by atoms with Crippen LogP contribution in [-0.4, -0.2) is 90.7 Å². The van der Waals surface area contributed by atoms with Gasteiger partial charge >= 0.3 is 5.25 Å². The Morgan fingerprint density at radius 1 is 1.14 bits per heavy atom. The van der Waals surface area contributed by atoms with E-state index in [1.54, 1.807) is 11.3 Å². The van der Waals surface area contributed by atoms with Gasteiger partial charge in [-0.05, 0) is 58.7 Å². The third kappa shape index (κ3) is 6.77. The van der Waals surface area contributed by atoms with Crippen LogP contribution < -0.4 is 9.64 Å². The third-order valence-corrected chi connectivity index (χ3v) is 11.3. The molecule has 0 unspecified atom stereocenters. The predicted octanol–water partition coefficient (Wildman–Crippen LogP) is 4.42. The Hall–Kier alpha value is -2.52. The molecule has 0 aromatic carbocycles. The van der Waals surface area contributed by atoms with E-state index >= 15 is 0 Å². The zero-order valence-corrected chi connectivity index (χ0v) is 26.8. The number of morpholine rings is 1. The number of hydrogen-bond donors (Lipinski definition) is 1. The molecular weight excluding hydrogens is 600 g/mol. The SMILES string of the molecule is COc1ncc(-c2nc(N3CCOCC3)nc3c(CN4CCC(C(C)(C)O)CC4)c(C)sc23)cc1CS(=O)(=O)C(C)(F)F. The number of ether oxygens (including phenoxy) is 2. The van der Waals surface area contributed by atoms with Crippen molar-refractivity contribution < 1.29 is 31.8 Å². The second-order valence-electron chi connectivity index (χ2n) is 11.9. The maximum atomic E-state index is 13.9. The summed E-state index contributed by atoms with van der Waals surface area (Å²) in [7, 11) is -3.49. The van der Waals surface area contributed by atoms with Crippen molar-refractivity contribution in [2.24, 2.45) is 5.92 Å². The molecule has 0 atom stereocenters. The number of methoxy groups -OCH3 is 1. The van der Waals surface area contributed by atoms with E-state index in [4.69, 9.17) is 19.4 Å². The Kier molecular flexibility index (Phi) is 8.98. The van der Waals surface area contributed by atoms with Crippen LogP contribution in [0.2, 0.25) is 0 Å². The second-order valence-corrected chi connectivity index (χ2v) is 15.4. The van der Waals surface area contributed by atoms with Gasteiger partial charge in [-0.3, -0.25) is 4.90 Å². The van der Waals surface area contributed by atoms with E-state index in [1.807, 2.05) is 13.8 Å². The summed E-state index contributed by atoms with van der Waals surface area (Å²) in [5.41, 5.74) is 2.28. The number of alkyl halides is 2. The molecule has 0 radical (unpaired) electrons. The molecule has 0 aliphatic carbocycles. The van der Waals surface area contributed by atoms with Gasteiger partial charge in [-0.15, -0.1) is 11.3 Å². The lowest BCUT2D eigenvalue weighted by Gasteiger charge is -2.37. The summed E-state index contributed by atoms with van der Waals surface area (Å²) in [6, 6.07) is 1.52. The van der Waals surface area contributed by atoms with Crippen LogP contribution in [0.15, 0.2) is 12.3 Å². The average molecular weight is 640 g/mol. The monoisotopic (exact) mass is 639 g/mol. The molecule has 43 heavy (non-hydrogen) atoms. The van der Waals surface area contributed by atoms with Crippen LogP contribution in [0, 0.1) is 12.8 Å². The molecule has 1 N–H and O–H groups in total. The molecule has 10 nitrogen and oxygen atoms in total. The van der Waals surface area contributed by atoms with Gasteiger partial charge < -0.3 is 19.5 Å². The van der Waals surface area contributed by atoms with Crippen molar-refractivity contribution in [1.29, 1.82) is 0 Å². The van der Waals surface area contributed by atoms with Crippen molar-refractivity contribution in [3.8, 4) is 17.1 Å². The smallest absolute Gasteiger partial charge is 0.343 e. The lowest BCUT2D eigenvalue weighted by atomic mass is 9.83. The first-order valence-corrected chi connectivity index (χ1v) is 16.9. The number of pyridine rings is 1. The number of sulfone groups is 1. The number of anilines is 1. The second kappa shape index (κ2) is 12.1. The average Bonchev–Trinajstić information content (AvgIpc) is 3.26. The Morgan fingerprint density at radius 3 is 2.42 bits per heavy atom. The summed E-state index contributed by atoms with van der Waals surface area (Å²) in [5, 5.41) is 6.57. The highest BCUT2D eigenvalue weighted by Crippen LogP contribution is 2.40. The Morgan fingerprint density at radius 2 is 1.81 bits per heavy atom. The Labute approximate surface area is 255 Å². The summed E-state index contributed by atoms with van der Waals surface area (Å²) < 4.78 is 64.3. The standard InChI is InChI=1S/C29H39F2N5O5S2/c1-18-22(16-35-8-6-21(7-9-35)28(2,3)37)24-25(42-18)23(33-27(34-24)36-10-12-41-13-11-36)19-14-20(26(40-5)32-15-19)17-43(38,39)29(4,30)31/h14-15,21,37H,6-13,16-17H2,1-5H3. The number of aryl methyl sites for hydroxylation is 1. The fraction of sp³-hybridized carbons (Fsp3) is 0.621. The number of rotatable bonds is 9. The highest BCUT2D eigenvalue weighted by molar-refractivity contribution is 7.91.